The minimum absolute atomic E-state index is 0.760. The molecular formula is C13H20ClIN2O. The average molecular weight is 383 g/mol. The van der Waals surface area contributed by atoms with Crippen molar-refractivity contribution in [3.05, 3.63) is 32.4 Å². The number of likely N-dealkylation sites (N-methyl/N-ethyl adjacent to an activating group) is 1. The molecule has 0 radical (unpaired) electrons. The molecule has 0 aliphatic heterocycles. The van der Waals surface area contributed by atoms with Crippen LogP contribution in [0, 0.1) is 3.57 Å². The molecule has 1 aromatic rings. The second kappa shape index (κ2) is 9.09. The van der Waals surface area contributed by atoms with Crippen molar-refractivity contribution >= 4 is 34.2 Å². The van der Waals surface area contributed by atoms with E-state index in [2.05, 4.69) is 45.9 Å². The Morgan fingerprint density at radius 2 is 2.17 bits per heavy atom. The lowest BCUT2D eigenvalue weighted by molar-refractivity contribution is 0.197. The Morgan fingerprint density at radius 1 is 1.39 bits per heavy atom. The molecule has 0 saturated carbocycles. The van der Waals surface area contributed by atoms with Gasteiger partial charge in [-0.15, -0.1) is 0 Å². The molecule has 0 aromatic heterocycles. The first kappa shape index (κ1) is 16.2. The van der Waals surface area contributed by atoms with Crippen LogP contribution in [0.4, 0.5) is 0 Å². The van der Waals surface area contributed by atoms with Gasteiger partial charge in [0.05, 0.1) is 6.61 Å². The van der Waals surface area contributed by atoms with Crippen LogP contribution < -0.4 is 5.32 Å². The topological polar surface area (TPSA) is 24.5 Å². The summed E-state index contributed by atoms with van der Waals surface area (Å²) in [5.74, 6) is 0. The minimum Gasteiger partial charge on any atom is -0.383 e. The van der Waals surface area contributed by atoms with Gasteiger partial charge in [0.25, 0.3) is 0 Å². The van der Waals surface area contributed by atoms with Gasteiger partial charge in [-0.05, 0) is 53.4 Å². The number of halogens is 2. The average Bonchev–Trinajstić information content (AvgIpc) is 2.33. The van der Waals surface area contributed by atoms with Gasteiger partial charge >= 0.3 is 0 Å². The molecule has 1 N–H and O–H groups in total. The Balaban J connectivity index is 2.30. The summed E-state index contributed by atoms with van der Waals surface area (Å²) in [6.45, 7) is 4.56. The van der Waals surface area contributed by atoms with Crippen LogP contribution in [0.15, 0.2) is 18.2 Å². The number of rotatable bonds is 8. The zero-order chi connectivity index (χ0) is 13.4. The van der Waals surface area contributed by atoms with Crippen LogP contribution in [0.5, 0.6) is 0 Å². The van der Waals surface area contributed by atoms with Crippen LogP contribution in [-0.2, 0) is 11.3 Å². The van der Waals surface area contributed by atoms with Crippen molar-refractivity contribution in [3.63, 3.8) is 0 Å². The van der Waals surface area contributed by atoms with Crippen LogP contribution in [0.2, 0.25) is 5.02 Å². The van der Waals surface area contributed by atoms with Gasteiger partial charge in [-0.25, -0.2) is 0 Å². The first-order valence-corrected chi connectivity index (χ1v) is 7.41. The molecule has 0 aliphatic carbocycles. The molecule has 0 aliphatic rings. The van der Waals surface area contributed by atoms with E-state index in [9.17, 15) is 0 Å². The molecule has 1 rings (SSSR count). The lowest BCUT2D eigenvalue weighted by Gasteiger charge is -2.18. The molecule has 0 atom stereocenters. The number of methoxy groups -OCH3 is 1. The van der Waals surface area contributed by atoms with Gasteiger partial charge in [0, 0.05) is 41.9 Å². The Hall–Kier alpha value is 0.120. The molecule has 102 valence electrons. The van der Waals surface area contributed by atoms with Gasteiger partial charge in [0.1, 0.15) is 0 Å². The van der Waals surface area contributed by atoms with Gasteiger partial charge in [-0.1, -0.05) is 11.6 Å². The van der Waals surface area contributed by atoms with Crippen LogP contribution in [0.1, 0.15) is 5.56 Å². The second-order valence-electron chi connectivity index (χ2n) is 4.22. The Bertz CT molecular complexity index is 363. The predicted molar refractivity (Wildman–Crippen MR) is 85.2 cm³/mol. The van der Waals surface area contributed by atoms with Gasteiger partial charge in [0.2, 0.25) is 0 Å². The highest BCUT2D eigenvalue weighted by molar-refractivity contribution is 14.1. The first-order valence-electron chi connectivity index (χ1n) is 5.95. The first-order chi connectivity index (χ1) is 8.63. The smallest absolute Gasteiger partial charge is 0.0587 e. The largest absolute Gasteiger partial charge is 0.383 e. The van der Waals surface area contributed by atoms with E-state index in [4.69, 9.17) is 16.3 Å². The number of hydrogen-bond donors (Lipinski definition) is 1. The molecule has 0 spiro atoms. The predicted octanol–water partition coefficient (Wildman–Crippen LogP) is 2.61. The summed E-state index contributed by atoms with van der Waals surface area (Å²) in [7, 11) is 3.84. The lowest BCUT2D eigenvalue weighted by atomic mass is 10.2. The fourth-order valence-electron chi connectivity index (χ4n) is 1.60. The normalized spacial score (nSPS) is 11.2. The fraction of sp³-hybridized carbons (Fsp3) is 0.538. The van der Waals surface area contributed by atoms with Crippen molar-refractivity contribution in [1.82, 2.24) is 10.2 Å². The van der Waals surface area contributed by atoms with Crippen LogP contribution in [-0.4, -0.2) is 45.3 Å². The van der Waals surface area contributed by atoms with Crippen molar-refractivity contribution in [2.75, 3.05) is 40.4 Å². The van der Waals surface area contributed by atoms with E-state index in [0.717, 1.165) is 37.8 Å². The van der Waals surface area contributed by atoms with Gasteiger partial charge in [-0.3, -0.25) is 0 Å². The highest BCUT2D eigenvalue weighted by Crippen LogP contribution is 2.18. The number of hydrogen-bond acceptors (Lipinski definition) is 3. The summed E-state index contributed by atoms with van der Waals surface area (Å²) >= 11 is 8.36. The monoisotopic (exact) mass is 382 g/mol. The molecular weight excluding hydrogens is 363 g/mol. The van der Waals surface area contributed by atoms with E-state index in [1.54, 1.807) is 7.11 Å². The van der Waals surface area contributed by atoms with Crippen molar-refractivity contribution < 1.29 is 4.74 Å². The molecule has 18 heavy (non-hydrogen) atoms. The number of nitrogens with zero attached hydrogens (tertiary/aromatic N) is 1. The zero-order valence-corrected chi connectivity index (χ0v) is 13.8. The van der Waals surface area contributed by atoms with E-state index in [-0.39, 0.29) is 0 Å². The number of ether oxygens (including phenoxy) is 1. The Kier molecular flexibility index (Phi) is 8.17. The zero-order valence-electron chi connectivity index (χ0n) is 10.9. The third-order valence-electron chi connectivity index (χ3n) is 2.60. The molecule has 0 saturated heterocycles. The van der Waals surface area contributed by atoms with Gasteiger partial charge in [-0.2, -0.15) is 0 Å². The quantitative estimate of drug-likeness (QED) is 0.552. The second-order valence-corrected chi connectivity index (χ2v) is 5.81. The SMILES string of the molecule is COCCNCCN(C)Cc1cc(Cl)ccc1I. The third kappa shape index (κ3) is 6.33. The third-order valence-corrected chi connectivity index (χ3v) is 3.89. The number of nitrogens with one attached hydrogen (secondary N) is 1. The minimum atomic E-state index is 0.760. The van der Waals surface area contributed by atoms with Crippen molar-refractivity contribution in [3.8, 4) is 0 Å². The summed E-state index contributed by atoms with van der Waals surface area (Å²) in [6, 6.07) is 6.03. The van der Waals surface area contributed by atoms with E-state index < -0.39 is 0 Å². The van der Waals surface area contributed by atoms with Crippen molar-refractivity contribution in [2.45, 2.75) is 6.54 Å². The molecule has 0 unspecified atom stereocenters. The molecule has 1 aromatic carbocycles. The fourth-order valence-corrected chi connectivity index (χ4v) is 2.30. The van der Waals surface area contributed by atoms with Crippen LogP contribution in [0.3, 0.4) is 0 Å². The van der Waals surface area contributed by atoms with Crippen molar-refractivity contribution in [2.24, 2.45) is 0 Å². The summed E-state index contributed by atoms with van der Waals surface area (Å²) in [5, 5.41) is 4.14. The lowest BCUT2D eigenvalue weighted by Crippen LogP contribution is -2.30. The maximum absolute atomic E-state index is 6.01. The summed E-state index contributed by atoms with van der Waals surface area (Å²) in [4.78, 5) is 2.29. The highest BCUT2D eigenvalue weighted by Gasteiger charge is 2.04. The number of benzene rings is 1. The van der Waals surface area contributed by atoms with E-state index >= 15 is 0 Å². The molecule has 0 heterocycles. The molecule has 0 amide bonds. The summed E-state index contributed by atoms with van der Waals surface area (Å²) in [6.07, 6.45) is 0. The van der Waals surface area contributed by atoms with E-state index in [1.165, 1.54) is 9.13 Å². The maximum atomic E-state index is 6.01. The van der Waals surface area contributed by atoms with Crippen LogP contribution in [0.25, 0.3) is 0 Å². The maximum Gasteiger partial charge on any atom is 0.0587 e. The highest BCUT2D eigenvalue weighted by atomic mass is 127. The summed E-state index contributed by atoms with van der Waals surface area (Å²) in [5.41, 5.74) is 1.28. The molecule has 0 bridgehead atoms. The van der Waals surface area contributed by atoms with E-state index in [0.29, 0.717) is 0 Å². The van der Waals surface area contributed by atoms with Crippen LogP contribution >= 0.6 is 34.2 Å². The molecule has 3 nitrogen and oxygen atoms in total. The standard InChI is InChI=1S/C13H20ClIN2O/c1-17(7-5-16-6-8-18-2)10-11-9-12(14)3-4-13(11)15/h3-4,9,16H,5-8,10H2,1-2H3. The Labute approximate surface area is 128 Å². The Morgan fingerprint density at radius 3 is 2.89 bits per heavy atom. The summed E-state index contributed by atoms with van der Waals surface area (Å²) < 4.78 is 6.24. The molecule has 0 fully saturated rings. The van der Waals surface area contributed by atoms with Gasteiger partial charge < -0.3 is 15.0 Å². The van der Waals surface area contributed by atoms with E-state index in [1.807, 2.05) is 12.1 Å². The molecule has 5 heteroatoms. The van der Waals surface area contributed by atoms with Gasteiger partial charge in [0.15, 0.2) is 0 Å². The van der Waals surface area contributed by atoms with Crippen molar-refractivity contribution in [1.29, 1.82) is 0 Å².